The van der Waals surface area contributed by atoms with Gasteiger partial charge in [-0.05, 0) is 86.8 Å². The summed E-state index contributed by atoms with van der Waals surface area (Å²) in [4.78, 5) is 2.30. The number of hydrogen-bond acceptors (Lipinski definition) is 3. The molecule has 0 saturated heterocycles. The van der Waals surface area contributed by atoms with Gasteiger partial charge < -0.3 is 13.7 Å². The van der Waals surface area contributed by atoms with Gasteiger partial charge in [-0.3, -0.25) is 0 Å². The summed E-state index contributed by atoms with van der Waals surface area (Å²) < 4.78 is 13.0. The summed E-state index contributed by atoms with van der Waals surface area (Å²) in [6.45, 7) is 0. The normalized spacial score (nSPS) is 11.8. The van der Waals surface area contributed by atoms with Crippen LogP contribution in [0.3, 0.4) is 0 Å². The molecule has 0 fully saturated rings. The molecule has 0 N–H and O–H groups in total. The minimum absolute atomic E-state index is 0.856. The Morgan fingerprint density at radius 3 is 1.49 bits per heavy atom. The van der Waals surface area contributed by atoms with Gasteiger partial charge in [-0.15, -0.1) is 0 Å². The SMILES string of the molecule is c1ccc2c(c1)cc(-c1ccc(N(c3ccc(-c4cccc5c4oc4ccccc45)cc3)c3cccc4c3oc3ccccc34)cc1)c1ccccc12. The van der Waals surface area contributed by atoms with E-state index in [9.17, 15) is 0 Å². The van der Waals surface area contributed by atoms with Crippen molar-refractivity contribution in [2.45, 2.75) is 0 Å². The molecule has 248 valence electrons. The molecule has 3 nitrogen and oxygen atoms in total. The first-order valence-electron chi connectivity index (χ1n) is 18.0. The highest BCUT2D eigenvalue weighted by atomic mass is 16.3. The monoisotopic (exact) mass is 677 g/mol. The van der Waals surface area contributed by atoms with Crippen LogP contribution in [0.1, 0.15) is 0 Å². The van der Waals surface area contributed by atoms with E-state index in [-0.39, 0.29) is 0 Å². The van der Waals surface area contributed by atoms with E-state index in [2.05, 4.69) is 169 Å². The van der Waals surface area contributed by atoms with Crippen molar-refractivity contribution in [3.05, 3.63) is 188 Å². The summed E-state index contributed by atoms with van der Waals surface area (Å²) in [5.74, 6) is 0. The summed E-state index contributed by atoms with van der Waals surface area (Å²) >= 11 is 0. The Morgan fingerprint density at radius 1 is 0.321 bits per heavy atom. The summed E-state index contributed by atoms with van der Waals surface area (Å²) in [5.41, 5.74) is 11.2. The first-order chi connectivity index (χ1) is 26.3. The van der Waals surface area contributed by atoms with Crippen LogP contribution < -0.4 is 4.90 Å². The minimum atomic E-state index is 0.856. The number of fused-ring (bicyclic) bond motifs is 9. The van der Waals surface area contributed by atoms with Gasteiger partial charge in [0.15, 0.2) is 5.58 Å². The standard InChI is InChI=1S/C50H31NO2/c1-2-12-37-34(11-1)31-45(40-14-4-3-13-39(37)40)33-25-29-36(30-26-33)51(46-20-10-19-44-42-16-6-8-22-48(42)53-50(44)46)35-27-23-32(24-28-35)38-17-9-18-43-41-15-5-7-21-47(41)52-49(38)43/h1-31H. The van der Waals surface area contributed by atoms with Gasteiger partial charge in [-0.2, -0.15) is 0 Å². The number of hydrogen-bond donors (Lipinski definition) is 0. The van der Waals surface area contributed by atoms with Gasteiger partial charge >= 0.3 is 0 Å². The first-order valence-corrected chi connectivity index (χ1v) is 18.0. The van der Waals surface area contributed by atoms with Crippen LogP contribution in [0.15, 0.2) is 197 Å². The maximum Gasteiger partial charge on any atom is 0.159 e. The Hall–Kier alpha value is -7.10. The van der Waals surface area contributed by atoms with E-state index in [1.165, 1.54) is 32.7 Å². The molecule has 0 saturated carbocycles. The molecule has 3 heteroatoms. The van der Waals surface area contributed by atoms with Crippen LogP contribution in [0.2, 0.25) is 0 Å². The largest absolute Gasteiger partial charge is 0.455 e. The van der Waals surface area contributed by atoms with E-state index in [1.54, 1.807) is 0 Å². The third kappa shape index (κ3) is 4.68. The van der Waals surface area contributed by atoms with Crippen molar-refractivity contribution in [1.82, 2.24) is 0 Å². The lowest BCUT2D eigenvalue weighted by Gasteiger charge is -2.26. The van der Waals surface area contributed by atoms with Gasteiger partial charge in [-0.1, -0.05) is 140 Å². The quantitative estimate of drug-likeness (QED) is 0.170. The number of para-hydroxylation sites is 4. The van der Waals surface area contributed by atoms with E-state index in [0.29, 0.717) is 0 Å². The van der Waals surface area contributed by atoms with E-state index in [1.807, 2.05) is 24.3 Å². The van der Waals surface area contributed by atoms with Crippen molar-refractivity contribution in [2.75, 3.05) is 4.90 Å². The average Bonchev–Trinajstić information content (AvgIpc) is 3.81. The molecule has 0 amide bonds. The fourth-order valence-electron chi connectivity index (χ4n) is 8.18. The van der Waals surface area contributed by atoms with Crippen molar-refractivity contribution < 1.29 is 8.83 Å². The summed E-state index contributed by atoms with van der Waals surface area (Å²) in [6, 6.07) is 66.7. The topological polar surface area (TPSA) is 29.5 Å². The molecule has 0 atom stereocenters. The van der Waals surface area contributed by atoms with Crippen molar-refractivity contribution in [1.29, 1.82) is 0 Å². The number of benzene rings is 9. The van der Waals surface area contributed by atoms with Crippen molar-refractivity contribution in [3.8, 4) is 22.3 Å². The second kappa shape index (κ2) is 11.7. The van der Waals surface area contributed by atoms with E-state index in [0.717, 1.165) is 72.1 Å². The Morgan fingerprint density at radius 2 is 0.811 bits per heavy atom. The minimum Gasteiger partial charge on any atom is -0.455 e. The highest BCUT2D eigenvalue weighted by Crippen LogP contribution is 2.44. The van der Waals surface area contributed by atoms with Crippen LogP contribution in [0, 0.1) is 0 Å². The van der Waals surface area contributed by atoms with Crippen LogP contribution in [-0.2, 0) is 0 Å². The Balaban J connectivity index is 1.07. The molecule has 2 heterocycles. The molecule has 9 aromatic carbocycles. The van der Waals surface area contributed by atoms with E-state index >= 15 is 0 Å². The molecule has 0 spiro atoms. The molecule has 2 aromatic heterocycles. The summed E-state index contributed by atoms with van der Waals surface area (Å²) in [7, 11) is 0. The van der Waals surface area contributed by atoms with Gasteiger partial charge in [-0.25, -0.2) is 0 Å². The van der Waals surface area contributed by atoms with Crippen LogP contribution in [0.25, 0.3) is 87.7 Å². The second-order valence-corrected chi connectivity index (χ2v) is 13.7. The first kappa shape index (κ1) is 29.6. The summed E-state index contributed by atoms with van der Waals surface area (Å²) in [5, 5.41) is 9.48. The second-order valence-electron chi connectivity index (χ2n) is 13.7. The van der Waals surface area contributed by atoms with Gasteiger partial charge in [0.2, 0.25) is 0 Å². The Kier molecular flexibility index (Phi) is 6.55. The fourth-order valence-corrected chi connectivity index (χ4v) is 8.18. The van der Waals surface area contributed by atoms with E-state index in [4.69, 9.17) is 8.83 Å². The zero-order valence-electron chi connectivity index (χ0n) is 28.7. The molecule has 11 rings (SSSR count). The lowest BCUT2D eigenvalue weighted by molar-refractivity contribution is 0.669. The van der Waals surface area contributed by atoms with Crippen LogP contribution in [0.5, 0.6) is 0 Å². The highest BCUT2D eigenvalue weighted by molar-refractivity contribution is 6.14. The van der Waals surface area contributed by atoms with Gasteiger partial charge in [0, 0.05) is 38.5 Å². The molecule has 0 aliphatic rings. The smallest absolute Gasteiger partial charge is 0.159 e. The molecular formula is C50H31NO2. The zero-order chi connectivity index (χ0) is 34.9. The molecular weight excluding hydrogens is 647 g/mol. The molecule has 0 aliphatic carbocycles. The lowest BCUT2D eigenvalue weighted by atomic mass is 9.93. The Bertz CT molecular complexity index is 3170. The van der Waals surface area contributed by atoms with Crippen molar-refractivity contribution in [2.24, 2.45) is 0 Å². The third-order valence-corrected chi connectivity index (χ3v) is 10.7. The van der Waals surface area contributed by atoms with Crippen molar-refractivity contribution in [3.63, 3.8) is 0 Å². The van der Waals surface area contributed by atoms with Gasteiger partial charge in [0.25, 0.3) is 0 Å². The van der Waals surface area contributed by atoms with Crippen LogP contribution in [0.4, 0.5) is 17.1 Å². The van der Waals surface area contributed by atoms with Gasteiger partial charge in [0.05, 0.1) is 5.69 Å². The molecule has 0 bridgehead atoms. The highest BCUT2D eigenvalue weighted by Gasteiger charge is 2.20. The molecule has 11 aromatic rings. The molecule has 0 unspecified atom stereocenters. The van der Waals surface area contributed by atoms with Gasteiger partial charge in [0.1, 0.15) is 16.7 Å². The van der Waals surface area contributed by atoms with Crippen molar-refractivity contribution >= 4 is 82.5 Å². The number of furan rings is 2. The predicted molar refractivity (Wildman–Crippen MR) is 222 cm³/mol. The number of nitrogens with zero attached hydrogens (tertiary/aromatic N) is 1. The molecule has 0 aliphatic heterocycles. The third-order valence-electron chi connectivity index (χ3n) is 10.7. The zero-order valence-corrected chi connectivity index (χ0v) is 28.7. The predicted octanol–water partition coefficient (Wildman–Crippen LogP) is 14.6. The molecule has 53 heavy (non-hydrogen) atoms. The van der Waals surface area contributed by atoms with Crippen LogP contribution >= 0.6 is 0 Å². The number of rotatable bonds is 5. The Labute approximate surface area is 305 Å². The van der Waals surface area contributed by atoms with Crippen LogP contribution in [-0.4, -0.2) is 0 Å². The average molecular weight is 678 g/mol. The fraction of sp³-hybridized carbons (Fsp3) is 0. The maximum atomic E-state index is 6.61. The maximum absolute atomic E-state index is 6.61. The van der Waals surface area contributed by atoms with E-state index < -0.39 is 0 Å². The number of anilines is 3. The lowest BCUT2D eigenvalue weighted by Crippen LogP contribution is -2.10. The summed E-state index contributed by atoms with van der Waals surface area (Å²) in [6.07, 6.45) is 0. The molecule has 0 radical (unpaired) electrons.